The zero-order valence-electron chi connectivity index (χ0n) is 10.2. The molecule has 6 heteroatoms. The van der Waals surface area contributed by atoms with Crippen LogP contribution in [0.15, 0.2) is 24.3 Å². The second-order valence-corrected chi connectivity index (χ2v) is 3.97. The van der Waals surface area contributed by atoms with Crippen molar-refractivity contribution in [3.63, 3.8) is 0 Å². The van der Waals surface area contributed by atoms with Crippen molar-refractivity contribution in [2.24, 2.45) is 0 Å². The molecule has 0 amide bonds. The third kappa shape index (κ3) is 2.22. The molecule has 0 saturated carbocycles. The van der Waals surface area contributed by atoms with E-state index in [4.69, 9.17) is 5.11 Å². The van der Waals surface area contributed by atoms with Gasteiger partial charge in [0.05, 0.1) is 5.52 Å². The first-order chi connectivity index (χ1) is 8.63. The molecule has 0 bridgehead atoms. The van der Waals surface area contributed by atoms with Gasteiger partial charge in [0.2, 0.25) is 5.95 Å². The van der Waals surface area contributed by atoms with Crippen molar-refractivity contribution in [1.29, 1.82) is 0 Å². The molecule has 0 aliphatic carbocycles. The molecule has 0 saturated heterocycles. The van der Waals surface area contributed by atoms with Crippen molar-refractivity contribution < 1.29 is 9.90 Å². The topological polar surface area (TPSA) is 79.2 Å². The zero-order chi connectivity index (χ0) is 13.1. The highest BCUT2D eigenvalue weighted by Gasteiger charge is 2.22. The second kappa shape index (κ2) is 4.95. The summed E-state index contributed by atoms with van der Waals surface area (Å²) in [6, 6.07) is 6.70. The molecule has 0 spiro atoms. The van der Waals surface area contributed by atoms with Crippen LogP contribution in [0.2, 0.25) is 0 Å². The number of rotatable bonds is 4. The average Bonchev–Trinajstić information content (AvgIpc) is 2.38. The van der Waals surface area contributed by atoms with Gasteiger partial charge in [0.1, 0.15) is 11.6 Å². The number of nitrogens with zero attached hydrogens (tertiary/aromatic N) is 4. The van der Waals surface area contributed by atoms with Crippen molar-refractivity contribution in [3.05, 3.63) is 24.3 Å². The Balaban J connectivity index is 2.38. The maximum absolute atomic E-state index is 11.1. The summed E-state index contributed by atoms with van der Waals surface area (Å²) in [7, 11) is 1.66. The van der Waals surface area contributed by atoms with Crippen LogP contribution in [0.25, 0.3) is 11.0 Å². The molecule has 0 aliphatic heterocycles. The first kappa shape index (κ1) is 12.2. The van der Waals surface area contributed by atoms with E-state index in [0.717, 1.165) is 0 Å². The van der Waals surface area contributed by atoms with E-state index in [2.05, 4.69) is 15.2 Å². The van der Waals surface area contributed by atoms with Crippen molar-refractivity contribution in [2.75, 3.05) is 11.9 Å². The summed E-state index contributed by atoms with van der Waals surface area (Å²) in [5, 5.41) is 17.1. The van der Waals surface area contributed by atoms with Crippen molar-refractivity contribution in [3.8, 4) is 0 Å². The number of carbonyl (C=O) groups is 1. The molecule has 0 radical (unpaired) electrons. The number of aromatic nitrogens is 3. The number of anilines is 1. The van der Waals surface area contributed by atoms with Gasteiger partial charge in [-0.05, 0) is 18.6 Å². The Morgan fingerprint density at radius 1 is 1.33 bits per heavy atom. The average molecular weight is 246 g/mol. The molecule has 1 aromatic heterocycles. The smallest absolute Gasteiger partial charge is 0.326 e. The Morgan fingerprint density at radius 2 is 2.00 bits per heavy atom. The van der Waals surface area contributed by atoms with Crippen LogP contribution in [-0.2, 0) is 4.79 Å². The normalized spacial score (nSPS) is 12.3. The van der Waals surface area contributed by atoms with Crippen LogP contribution in [-0.4, -0.2) is 39.3 Å². The Kier molecular flexibility index (Phi) is 3.36. The van der Waals surface area contributed by atoms with E-state index in [0.29, 0.717) is 23.4 Å². The van der Waals surface area contributed by atoms with Gasteiger partial charge in [-0.1, -0.05) is 19.1 Å². The van der Waals surface area contributed by atoms with Crippen molar-refractivity contribution in [1.82, 2.24) is 15.2 Å². The maximum atomic E-state index is 11.1. The summed E-state index contributed by atoms with van der Waals surface area (Å²) in [6.45, 7) is 1.81. The number of aliphatic carboxylic acids is 1. The summed E-state index contributed by atoms with van der Waals surface area (Å²) in [5.74, 6) is -0.570. The van der Waals surface area contributed by atoms with Crippen LogP contribution in [0.1, 0.15) is 13.3 Å². The summed E-state index contributed by atoms with van der Waals surface area (Å²) in [4.78, 5) is 16.9. The number of carboxylic acids is 1. The zero-order valence-corrected chi connectivity index (χ0v) is 10.2. The number of hydrogen-bond donors (Lipinski definition) is 1. The Hall–Kier alpha value is -2.24. The van der Waals surface area contributed by atoms with Crippen LogP contribution >= 0.6 is 0 Å². The van der Waals surface area contributed by atoms with Gasteiger partial charge in [-0.25, -0.2) is 9.78 Å². The molecular weight excluding hydrogens is 232 g/mol. The van der Waals surface area contributed by atoms with Crippen molar-refractivity contribution in [2.45, 2.75) is 19.4 Å². The van der Waals surface area contributed by atoms with Crippen LogP contribution < -0.4 is 4.90 Å². The molecule has 1 heterocycles. The standard InChI is InChI=1S/C12H14N4O2/c1-3-10(11(17)18)16(2)12-13-8-6-4-5-7-9(8)14-15-12/h4-7,10H,3H2,1-2H3,(H,17,18). The van der Waals surface area contributed by atoms with E-state index in [-0.39, 0.29) is 0 Å². The summed E-state index contributed by atoms with van der Waals surface area (Å²) >= 11 is 0. The molecule has 1 atom stereocenters. The molecule has 18 heavy (non-hydrogen) atoms. The van der Waals surface area contributed by atoms with Gasteiger partial charge in [0.25, 0.3) is 0 Å². The Labute approximate surface area is 104 Å². The quantitative estimate of drug-likeness (QED) is 0.876. The van der Waals surface area contributed by atoms with E-state index in [9.17, 15) is 4.79 Å². The molecule has 1 N–H and O–H groups in total. The Bertz CT molecular complexity index is 573. The number of hydrogen-bond acceptors (Lipinski definition) is 5. The maximum Gasteiger partial charge on any atom is 0.326 e. The fraction of sp³-hybridized carbons (Fsp3) is 0.333. The molecule has 1 aromatic carbocycles. The van der Waals surface area contributed by atoms with Crippen LogP contribution in [0.4, 0.5) is 5.95 Å². The van der Waals surface area contributed by atoms with Gasteiger partial charge < -0.3 is 10.0 Å². The minimum absolute atomic E-state index is 0.322. The fourth-order valence-electron chi connectivity index (χ4n) is 1.77. The summed E-state index contributed by atoms with van der Waals surface area (Å²) in [6.07, 6.45) is 0.474. The number of likely N-dealkylation sites (N-methyl/N-ethyl adjacent to an activating group) is 1. The summed E-state index contributed by atoms with van der Waals surface area (Å²) < 4.78 is 0. The van der Waals surface area contributed by atoms with E-state index >= 15 is 0 Å². The minimum Gasteiger partial charge on any atom is -0.480 e. The van der Waals surface area contributed by atoms with Gasteiger partial charge in [-0.3, -0.25) is 0 Å². The van der Waals surface area contributed by atoms with Crippen LogP contribution in [0.5, 0.6) is 0 Å². The van der Waals surface area contributed by atoms with E-state index in [1.807, 2.05) is 31.2 Å². The lowest BCUT2D eigenvalue weighted by atomic mass is 10.2. The molecule has 0 fully saturated rings. The highest BCUT2D eigenvalue weighted by atomic mass is 16.4. The van der Waals surface area contributed by atoms with Crippen LogP contribution in [0, 0.1) is 0 Å². The van der Waals surface area contributed by atoms with Gasteiger partial charge >= 0.3 is 5.97 Å². The molecule has 1 unspecified atom stereocenters. The molecule has 2 aromatic rings. The van der Waals surface area contributed by atoms with Gasteiger partial charge in [-0.2, -0.15) is 0 Å². The van der Waals surface area contributed by atoms with Gasteiger partial charge in [-0.15, -0.1) is 10.2 Å². The number of carboxylic acid groups (broad SMARTS) is 1. The third-order valence-electron chi connectivity index (χ3n) is 2.80. The van der Waals surface area contributed by atoms with Gasteiger partial charge in [0, 0.05) is 7.05 Å². The fourth-order valence-corrected chi connectivity index (χ4v) is 1.77. The number of para-hydroxylation sites is 1. The molecule has 0 aliphatic rings. The third-order valence-corrected chi connectivity index (χ3v) is 2.80. The van der Waals surface area contributed by atoms with E-state index in [1.54, 1.807) is 7.05 Å². The predicted octanol–water partition coefficient (Wildman–Crippen LogP) is 1.32. The highest BCUT2D eigenvalue weighted by molar-refractivity contribution is 5.78. The van der Waals surface area contributed by atoms with Gasteiger partial charge in [0.15, 0.2) is 0 Å². The first-order valence-electron chi connectivity index (χ1n) is 5.68. The lowest BCUT2D eigenvalue weighted by Gasteiger charge is -2.23. The molecule has 2 rings (SSSR count). The van der Waals surface area contributed by atoms with Crippen LogP contribution in [0.3, 0.4) is 0 Å². The lowest BCUT2D eigenvalue weighted by molar-refractivity contribution is -0.138. The first-order valence-corrected chi connectivity index (χ1v) is 5.68. The molecule has 94 valence electrons. The van der Waals surface area contributed by atoms with Crippen molar-refractivity contribution >= 4 is 23.0 Å². The predicted molar refractivity (Wildman–Crippen MR) is 67.5 cm³/mol. The SMILES string of the molecule is CCC(C(=O)O)N(C)c1nnc2ccccc2n1. The number of benzene rings is 1. The number of fused-ring (bicyclic) bond motifs is 1. The second-order valence-electron chi connectivity index (χ2n) is 3.97. The highest BCUT2D eigenvalue weighted by Crippen LogP contribution is 2.14. The summed E-state index contributed by atoms with van der Waals surface area (Å²) in [5.41, 5.74) is 1.40. The lowest BCUT2D eigenvalue weighted by Crippen LogP contribution is -2.39. The largest absolute Gasteiger partial charge is 0.480 e. The van der Waals surface area contributed by atoms with E-state index in [1.165, 1.54) is 4.90 Å². The monoisotopic (exact) mass is 246 g/mol. The molecular formula is C12H14N4O2. The van der Waals surface area contributed by atoms with E-state index < -0.39 is 12.0 Å². The minimum atomic E-state index is -0.892. The molecule has 6 nitrogen and oxygen atoms in total. The Morgan fingerprint density at radius 3 is 2.61 bits per heavy atom.